The van der Waals surface area contributed by atoms with Crippen molar-refractivity contribution >= 4 is 22.7 Å². The van der Waals surface area contributed by atoms with E-state index in [0.29, 0.717) is 12.1 Å². The van der Waals surface area contributed by atoms with Gasteiger partial charge in [0.15, 0.2) is 0 Å². The molecule has 1 aromatic heterocycles. The van der Waals surface area contributed by atoms with Crippen LogP contribution >= 0.6 is 0 Å². The Morgan fingerprint density at radius 2 is 1.44 bits per heavy atom. The number of aromatic nitrogens is 1. The third-order valence-corrected chi connectivity index (χ3v) is 7.09. The molecule has 3 aromatic carbocycles. The molecule has 0 bridgehead atoms. The number of benzene rings is 3. The zero-order valence-electron chi connectivity index (χ0n) is 21.2. The Kier molecular flexibility index (Phi) is 7.26. The van der Waals surface area contributed by atoms with Crippen molar-refractivity contribution in [2.45, 2.75) is 24.8 Å². The predicted octanol–water partition coefficient (Wildman–Crippen LogP) is 6.55. The second-order valence-electron chi connectivity index (χ2n) is 9.77. The van der Waals surface area contributed by atoms with Gasteiger partial charge in [-0.2, -0.15) is 26.3 Å². The molecule has 41 heavy (non-hydrogen) atoms. The number of aromatic amines is 1. The smallest absolute Gasteiger partial charge is 0.361 e. The standard InChI is InChI=1S/C29H22F7N3O2/c30-22-7-5-17(6-8-22)26(40)38-9-10-39(23(16-38)13-19-15-37-25-4-2-1-3-24(19)25)27(41)18-11-20(28(31,32)33)14-21(12-18)29(34,35)36/h1-8,11-12,14-15,23,37H,9-10,13,16H2/t23-/m1/s1. The van der Waals surface area contributed by atoms with Crippen LogP contribution in [-0.2, 0) is 18.8 Å². The Labute approximate surface area is 229 Å². The summed E-state index contributed by atoms with van der Waals surface area (Å²) in [5.41, 5.74) is -2.19. The van der Waals surface area contributed by atoms with Gasteiger partial charge in [-0.15, -0.1) is 0 Å². The summed E-state index contributed by atoms with van der Waals surface area (Å²) < 4.78 is 94.3. The van der Waals surface area contributed by atoms with Gasteiger partial charge >= 0.3 is 12.4 Å². The van der Waals surface area contributed by atoms with Crippen LogP contribution in [0.2, 0.25) is 0 Å². The van der Waals surface area contributed by atoms with Gasteiger partial charge in [-0.05, 0) is 60.5 Å². The Balaban J connectivity index is 1.51. The number of hydrogen-bond acceptors (Lipinski definition) is 2. The van der Waals surface area contributed by atoms with Gasteiger partial charge in [0, 0.05) is 47.9 Å². The number of para-hydroxylation sites is 1. The summed E-state index contributed by atoms with van der Waals surface area (Å²) >= 11 is 0. The van der Waals surface area contributed by atoms with Crippen LogP contribution in [0.1, 0.15) is 37.4 Å². The lowest BCUT2D eigenvalue weighted by atomic mass is 9.98. The molecule has 12 heteroatoms. The molecular formula is C29H22F7N3O2. The first-order chi connectivity index (χ1) is 19.3. The second kappa shape index (κ2) is 10.6. The lowest BCUT2D eigenvalue weighted by Crippen LogP contribution is -2.57. The van der Waals surface area contributed by atoms with Crippen LogP contribution < -0.4 is 0 Å². The van der Waals surface area contributed by atoms with Crippen LogP contribution in [0.5, 0.6) is 0 Å². The summed E-state index contributed by atoms with van der Waals surface area (Å²) in [4.78, 5) is 32.5. The average molecular weight is 578 g/mol. The van der Waals surface area contributed by atoms with E-state index in [2.05, 4.69) is 4.98 Å². The summed E-state index contributed by atoms with van der Waals surface area (Å²) in [6, 6.07) is 12.2. The van der Waals surface area contributed by atoms with E-state index in [1.165, 1.54) is 21.9 Å². The molecule has 2 heterocycles. The number of carbonyl (C=O) groups excluding carboxylic acids is 2. The SMILES string of the molecule is O=C(c1ccc(F)cc1)N1CCN(C(=O)c2cc(C(F)(F)F)cc(C(F)(F)F)c2)[C@H](Cc2c[nH]c3ccccc23)C1. The number of amides is 2. The topological polar surface area (TPSA) is 56.4 Å². The van der Waals surface area contributed by atoms with Gasteiger partial charge in [-0.1, -0.05) is 18.2 Å². The van der Waals surface area contributed by atoms with Crippen molar-refractivity contribution in [1.29, 1.82) is 0 Å². The molecule has 1 N–H and O–H groups in total. The highest BCUT2D eigenvalue weighted by atomic mass is 19.4. The number of piperazine rings is 1. The van der Waals surface area contributed by atoms with E-state index in [-0.39, 0.29) is 37.7 Å². The van der Waals surface area contributed by atoms with E-state index in [1.807, 2.05) is 18.2 Å². The fourth-order valence-electron chi connectivity index (χ4n) is 5.06. The maximum Gasteiger partial charge on any atom is 0.416 e. The molecule has 0 aliphatic carbocycles. The first kappa shape index (κ1) is 28.2. The second-order valence-corrected chi connectivity index (χ2v) is 9.77. The Bertz CT molecular complexity index is 1560. The van der Waals surface area contributed by atoms with Crippen LogP contribution in [0, 0.1) is 5.82 Å². The molecule has 1 saturated heterocycles. The van der Waals surface area contributed by atoms with Crippen molar-refractivity contribution in [2.24, 2.45) is 0 Å². The minimum absolute atomic E-state index is 0.0283. The minimum atomic E-state index is -5.11. The van der Waals surface area contributed by atoms with Gasteiger partial charge in [-0.25, -0.2) is 4.39 Å². The molecule has 5 nitrogen and oxygen atoms in total. The molecule has 0 radical (unpaired) electrons. The fourth-order valence-corrected chi connectivity index (χ4v) is 5.06. The van der Waals surface area contributed by atoms with Gasteiger partial charge in [0.2, 0.25) is 0 Å². The fraction of sp³-hybridized carbons (Fsp3) is 0.241. The third kappa shape index (κ3) is 5.91. The number of alkyl halides is 6. The molecule has 0 unspecified atom stereocenters. The van der Waals surface area contributed by atoms with E-state index in [4.69, 9.17) is 0 Å². The molecule has 1 fully saturated rings. The molecule has 0 saturated carbocycles. The van der Waals surface area contributed by atoms with Crippen molar-refractivity contribution in [3.05, 3.63) is 107 Å². The van der Waals surface area contributed by atoms with Crippen molar-refractivity contribution < 1.29 is 40.3 Å². The zero-order valence-corrected chi connectivity index (χ0v) is 21.2. The van der Waals surface area contributed by atoms with Crippen LogP contribution in [-0.4, -0.2) is 52.3 Å². The van der Waals surface area contributed by atoms with Crippen molar-refractivity contribution in [1.82, 2.24) is 14.8 Å². The highest BCUT2D eigenvalue weighted by molar-refractivity contribution is 5.96. The number of H-pyrrole nitrogens is 1. The molecular weight excluding hydrogens is 555 g/mol. The van der Waals surface area contributed by atoms with Crippen LogP contribution in [0.25, 0.3) is 10.9 Å². The van der Waals surface area contributed by atoms with Crippen molar-refractivity contribution in [3.8, 4) is 0 Å². The van der Waals surface area contributed by atoms with E-state index in [1.54, 1.807) is 12.3 Å². The van der Waals surface area contributed by atoms with Crippen LogP contribution in [0.4, 0.5) is 30.7 Å². The Morgan fingerprint density at radius 3 is 2.07 bits per heavy atom. The van der Waals surface area contributed by atoms with E-state index >= 15 is 0 Å². The number of nitrogens with zero attached hydrogens (tertiary/aromatic N) is 2. The largest absolute Gasteiger partial charge is 0.416 e. The predicted molar refractivity (Wildman–Crippen MR) is 136 cm³/mol. The molecule has 2 amide bonds. The van der Waals surface area contributed by atoms with Crippen LogP contribution in [0.15, 0.2) is 72.9 Å². The highest BCUT2D eigenvalue weighted by Crippen LogP contribution is 2.37. The van der Waals surface area contributed by atoms with E-state index in [9.17, 15) is 40.3 Å². The van der Waals surface area contributed by atoms with Gasteiger partial charge in [-0.3, -0.25) is 9.59 Å². The third-order valence-electron chi connectivity index (χ3n) is 7.09. The molecule has 214 valence electrons. The van der Waals surface area contributed by atoms with Gasteiger partial charge in [0.05, 0.1) is 17.2 Å². The van der Waals surface area contributed by atoms with Gasteiger partial charge in [0.1, 0.15) is 5.82 Å². The normalized spacial score (nSPS) is 16.3. The average Bonchev–Trinajstić information content (AvgIpc) is 3.34. The molecule has 1 aliphatic heterocycles. The maximum absolute atomic E-state index is 13.6. The van der Waals surface area contributed by atoms with Gasteiger partial charge in [0.25, 0.3) is 11.8 Å². The summed E-state index contributed by atoms with van der Waals surface area (Å²) in [5.74, 6) is -1.99. The summed E-state index contributed by atoms with van der Waals surface area (Å²) in [7, 11) is 0. The van der Waals surface area contributed by atoms with Gasteiger partial charge < -0.3 is 14.8 Å². The molecule has 0 spiro atoms. The number of halogens is 7. The number of fused-ring (bicyclic) bond motifs is 1. The summed E-state index contributed by atoms with van der Waals surface area (Å²) in [6.07, 6.45) is -8.35. The maximum atomic E-state index is 13.6. The van der Waals surface area contributed by atoms with E-state index < -0.39 is 52.7 Å². The monoisotopic (exact) mass is 577 g/mol. The number of carbonyl (C=O) groups is 2. The van der Waals surface area contributed by atoms with Crippen molar-refractivity contribution in [3.63, 3.8) is 0 Å². The van der Waals surface area contributed by atoms with E-state index in [0.717, 1.165) is 28.6 Å². The molecule has 5 rings (SSSR count). The zero-order chi connectivity index (χ0) is 29.5. The highest BCUT2D eigenvalue weighted by Gasteiger charge is 2.39. The minimum Gasteiger partial charge on any atom is -0.361 e. The number of nitrogens with one attached hydrogen (secondary N) is 1. The molecule has 1 aliphatic rings. The Hall–Kier alpha value is -4.35. The molecule has 1 atom stereocenters. The first-order valence-electron chi connectivity index (χ1n) is 12.5. The quantitative estimate of drug-likeness (QED) is 0.280. The van der Waals surface area contributed by atoms with Crippen molar-refractivity contribution in [2.75, 3.05) is 19.6 Å². The lowest BCUT2D eigenvalue weighted by Gasteiger charge is -2.41. The summed E-state index contributed by atoms with van der Waals surface area (Å²) in [6.45, 7) is -0.222. The number of hydrogen-bond donors (Lipinski definition) is 1. The Morgan fingerprint density at radius 1 is 0.805 bits per heavy atom. The summed E-state index contributed by atoms with van der Waals surface area (Å²) in [5, 5.41) is 0.820. The first-order valence-corrected chi connectivity index (χ1v) is 12.5. The molecule has 4 aromatic rings. The number of rotatable bonds is 4. The van der Waals surface area contributed by atoms with Crippen LogP contribution in [0.3, 0.4) is 0 Å². The lowest BCUT2D eigenvalue weighted by molar-refractivity contribution is -0.143.